The van der Waals surface area contributed by atoms with Crippen LogP contribution in [-0.2, 0) is 11.2 Å². The highest BCUT2D eigenvalue weighted by atomic mass is 79.9. The van der Waals surface area contributed by atoms with Gasteiger partial charge in [0.15, 0.2) is 0 Å². The summed E-state index contributed by atoms with van der Waals surface area (Å²) in [6, 6.07) is 7.94. The van der Waals surface area contributed by atoms with E-state index in [1.54, 1.807) is 18.5 Å². The van der Waals surface area contributed by atoms with Crippen LogP contribution < -0.4 is 5.32 Å². The lowest BCUT2D eigenvalue weighted by Crippen LogP contribution is -2.14. The molecule has 0 aliphatic rings. The minimum absolute atomic E-state index is 0.165. The van der Waals surface area contributed by atoms with Crippen LogP contribution in [0.5, 0.6) is 0 Å². The predicted octanol–water partition coefficient (Wildman–Crippen LogP) is 3.16. The second-order valence-corrected chi connectivity index (χ2v) is 4.57. The van der Waals surface area contributed by atoms with Crippen molar-refractivity contribution in [3.63, 3.8) is 0 Å². The molecule has 1 heterocycles. The fourth-order valence-electron chi connectivity index (χ4n) is 1.47. The summed E-state index contributed by atoms with van der Waals surface area (Å²) < 4.78 is 13.3. The molecule has 92 valence electrons. The molecule has 18 heavy (non-hydrogen) atoms. The van der Waals surface area contributed by atoms with Gasteiger partial charge in [-0.15, -0.1) is 0 Å². The summed E-state index contributed by atoms with van der Waals surface area (Å²) in [5.74, 6) is -0.526. The molecule has 0 unspecified atom stereocenters. The fourth-order valence-corrected chi connectivity index (χ4v) is 1.85. The van der Waals surface area contributed by atoms with E-state index in [2.05, 4.69) is 26.2 Å². The maximum Gasteiger partial charge on any atom is 0.228 e. The van der Waals surface area contributed by atoms with Crippen LogP contribution in [0.1, 0.15) is 5.56 Å². The smallest absolute Gasteiger partial charge is 0.228 e. The van der Waals surface area contributed by atoms with Gasteiger partial charge in [0.05, 0.1) is 10.9 Å². The van der Waals surface area contributed by atoms with Crippen LogP contribution in [0.2, 0.25) is 0 Å². The van der Waals surface area contributed by atoms with E-state index in [9.17, 15) is 9.18 Å². The summed E-state index contributed by atoms with van der Waals surface area (Å²) in [6.07, 6.45) is 3.53. The van der Waals surface area contributed by atoms with E-state index in [1.807, 2.05) is 6.07 Å². The summed E-state index contributed by atoms with van der Waals surface area (Å²) in [5, 5.41) is 2.70. The normalized spacial score (nSPS) is 10.1. The largest absolute Gasteiger partial charge is 0.326 e. The Hall–Kier alpha value is -1.75. The second-order valence-electron chi connectivity index (χ2n) is 3.72. The van der Waals surface area contributed by atoms with Crippen LogP contribution >= 0.6 is 15.9 Å². The molecule has 2 aromatic rings. The number of nitrogens with zero attached hydrogens (tertiary/aromatic N) is 1. The zero-order valence-corrected chi connectivity index (χ0v) is 10.9. The molecule has 2 rings (SSSR count). The number of pyridine rings is 1. The van der Waals surface area contributed by atoms with Crippen LogP contribution in [0, 0.1) is 5.82 Å². The fraction of sp³-hybridized carbons (Fsp3) is 0.0769. The van der Waals surface area contributed by atoms with E-state index in [0.717, 1.165) is 5.56 Å². The van der Waals surface area contributed by atoms with Crippen molar-refractivity contribution in [3.8, 4) is 0 Å². The van der Waals surface area contributed by atoms with Crippen LogP contribution in [-0.4, -0.2) is 10.9 Å². The molecule has 0 radical (unpaired) electrons. The number of rotatable bonds is 3. The lowest BCUT2D eigenvalue weighted by Gasteiger charge is -2.06. The molecule has 0 saturated heterocycles. The minimum Gasteiger partial charge on any atom is -0.326 e. The number of carbonyl (C=O) groups excluding carboxylic acids is 1. The van der Waals surface area contributed by atoms with E-state index in [4.69, 9.17) is 0 Å². The first kappa shape index (κ1) is 12.7. The standard InChI is InChI=1S/C13H10BrFN2O/c14-11-7-10(3-4-12(11)15)17-13(18)6-9-2-1-5-16-8-9/h1-5,7-8H,6H2,(H,17,18). The molecule has 0 spiro atoms. The quantitative estimate of drug-likeness (QED) is 0.946. The number of anilines is 1. The average molecular weight is 309 g/mol. The zero-order chi connectivity index (χ0) is 13.0. The van der Waals surface area contributed by atoms with Gasteiger partial charge in [-0.3, -0.25) is 9.78 Å². The molecule has 0 saturated carbocycles. The van der Waals surface area contributed by atoms with Gasteiger partial charge in [-0.2, -0.15) is 0 Å². The number of nitrogens with one attached hydrogen (secondary N) is 1. The van der Waals surface area contributed by atoms with Gasteiger partial charge in [0, 0.05) is 18.1 Å². The molecule has 3 nitrogen and oxygen atoms in total. The molecular formula is C13H10BrFN2O. The molecule has 1 N–H and O–H groups in total. The number of benzene rings is 1. The Bertz CT molecular complexity index is 560. The first-order valence-corrected chi connectivity index (χ1v) is 6.08. The van der Waals surface area contributed by atoms with E-state index < -0.39 is 0 Å². The Balaban J connectivity index is 2.01. The molecule has 5 heteroatoms. The number of hydrogen-bond donors (Lipinski definition) is 1. The zero-order valence-electron chi connectivity index (χ0n) is 9.36. The summed E-state index contributed by atoms with van der Waals surface area (Å²) in [4.78, 5) is 15.7. The van der Waals surface area contributed by atoms with Crippen molar-refractivity contribution in [1.29, 1.82) is 0 Å². The predicted molar refractivity (Wildman–Crippen MR) is 70.7 cm³/mol. The Morgan fingerprint density at radius 3 is 2.89 bits per heavy atom. The summed E-state index contributed by atoms with van der Waals surface area (Å²) in [5.41, 5.74) is 1.38. The third-order valence-electron chi connectivity index (χ3n) is 2.29. The van der Waals surface area contributed by atoms with Gasteiger partial charge in [0.1, 0.15) is 5.82 Å². The highest BCUT2D eigenvalue weighted by molar-refractivity contribution is 9.10. The van der Waals surface area contributed by atoms with Crippen molar-refractivity contribution in [3.05, 3.63) is 58.6 Å². The lowest BCUT2D eigenvalue weighted by atomic mass is 10.2. The first-order chi connectivity index (χ1) is 8.65. The van der Waals surface area contributed by atoms with Crippen LogP contribution in [0.15, 0.2) is 47.2 Å². The molecule has 0 atom stereocenters. The van der Waals surface area contributed by atoms with E-state index in [0.29, 0.717) is 10.2 Å². The number of carbonyl (C=O) groups is 1. The molecule has 0 aliphatic carbocycles. The maximum atomic E-state index is 13.0. The molecular weight excluding hydrogens is 299 g/mol. The molecule has 1 aromatic carbocycles. The summed E-state index contributed by atoms with van der Waals surface area (Å²) in [7, 11) is 0. The Morgan fingerprint density at radius 1 is 1.39 bits per heavy atom. The lowest BCUT2D eigenvalue weighted by molar-refractivity contribution is -0.115. The molecule has 1 amide bonds. The van der Waals surface area contributed by atoms with E-state index in [1.165, 1.54) is 18.2 Å². The second kappa shape index (κ2) is 5.73. The van der Waals surface area contributed by atoms with Crippen molar-refractivity contribution >= 4 is 27.5 Å². The number of aromatic nitrogens is 1. The Kier molecular flexibility index (Phi) is 4.04. The SMILES string of the molecule is O=C(Cc1cccnc1)Nc1ccc(F)c(Br)c1. The minimum atomic E-state index is -0.361. The highest BCUT2D eigenvalue weighted by Gasteiger charge is 2.06. The van der Waals surface area contributed by atoms with Crippen LogP contribution in [0.3, 0.4) is 0 Å². The van der Waals surface area contributed by atoms with Crippen molar-refractivity contribution < 1.29 is 9.18 Å². The van der Waals surface area contributed by atoms with Gasteiger partial charge in [-0.1, -0.05) is 6.07 Å². The van der Waals surface area contributed by atoms with Gasteiger partial charge in [0.2, 0.25) is 5.91 Å². The summed E-state index contributed by atoms with van der Waals surface area (Å²) >= 11 is 3.07. The van der Waals surface area contributed by atoms with Crippen molar-refractivity contribution in [1.82, 2.24) is 4.98 Å². The Morgan fingerprint density at radius 2 is 2.22 bits per heavy atom. The van der Waals surface area contributed by atoms with Crippen LogP contribution in [0.25, 0.3) is 0 Å². The first-order valence-electron chi connectivity index (χ1n) is 5.29. The highest BCUT2D eigenvalue weighted by Crippen LogP contribution is 2.20. The summed E-state index contributed by atoms with van der Waals surface area (Å²) in [6.45, 7) is 0. The van der Waals surface area contributed by atoms with Gasteiger partial charge in [-0.05, 0) is 45.8 Å². The number of amides is 1. The maximum absolute atomic E-state index is 13.0. The van der Waals surface area contributed by atoms with E-state index in [-0.39, 0.29) is 18.1 Å². The third kappa shape index (κ3) is 3.37. The molecule has 0 aliphatic heterocycles. The molecule has 0 fully saturated rings. The third-order valence-corrected chi connectivity index (χ3v) is 2.90. The topological polar surface area (TPSA) is 42.0 Å². The monoisotopic (exact) mass is 308 g/mol. The Labute approximate surface area is 112 Å². The van der Waals surface area contributed by atoms with Gasteiger partial charge >= 0.3 is 0 Å². The van der Waals surface area contributed by atoms with Crippen LogP contribution in [0.4, 0.5) is 10.1 Å². The average Bonchev–Trinajstić information content (AvgIpc) is 2.35. The molecule has 0 bridgehead atoms. The number of halogens is 2. The van der Waals surface area contributed by atoms with Gasteiger partial charge < -0.3 is 5.32 Å². The van der Waals surface area contributed by atoms with Crippen molar-refractivity contribution in [2.75, 3.05) is 5.32 Å². The number of hydrogen-bond acceptors (Lipinski definition) is 2. The molecule has 1 aromatic heterocycles. The van der Waals surface area contributed by atoms with Crippen molar-refractivity contribution in [2.45, 2.75) is 6.42 Å². The van der Waals surface area contributed by atoms with Gasteiger partial charge in [-0.25, -0.2) is 4.39 Å². The van der Waals surface area contributed by atoms with E-state index >= 15 is 0 Å². The van der Waals surface area contributed by atoms with Gasteiger partial charge in [0.25, 0.3) is 0 Å². The van der Waals surface area contributed by atoms with Crippen molar-refractivity contribution in [2.24, 2.45) is 0 Å².